The molecule has 32 heavy (non-hydrogen) atoms. The van der Waals surface area contributed by atoms with Gasteiger partial charge in [-0.2, -0.15) is 13.2 Å². The van der Waals surface area contributed by atoms with Crippen molar-refractivity contribution in [3.63, 3.8) is 0 Å². The van der Waals surface area contributed by atoms with E-state index < -0.39 is 34.8 Å². The van der Waals surface area contributed by atoms with E-state index >= 15 is 0 Å². The summed E-state index contributed by atoms with van der Waals surface area (Å²) >= 11 is 0. The molecule has 6 nitrogen and oxygen atoms in total. The number of esters is 1. The van der Waals surface area contributed by atoms with Gasteiger partial charge >= 0.3 is 12.1 Å². The Labute approximate surface area is 184 Å². The molecule has 2 aromatic rings. The molecule has 9 heteroatoms. The maximum Gasteiger partial charge on any atom is 0.421 e. The SMILES string of the molecule is COc1ccc(Cn2cc(C(C)COCC(=O)OC(C)(C)C)cc(C(F)(F)F)c2=O)cc1. The van der Waals surface area contributed by atoms with Crippen molar-refractivity contribution in [3.05, 3.63) is 63.6 Å². The van der Waals surface area contributed by atoms with Gasteiger partial charge in [-0.1, -0.05) is 19.1 Å². The summed E-state index contributed by atoms with van der Waals surface area (Å²) in [6, 6.07) is 7.54. The van der Waals surface area contributed by atoms with Gasteiger partial charge in [0.25, 0.3) is 5.56 Å². The number of alkyl halides is 3. The van der Waals surface area contributed by atoms with Crippen molar-refractivity contribution in [1.82, 2.24) is 4.57 Å². The van der Waals surface area contributed by atoms with Crippen molar-refractivity contribution >= 4 is 5.97 Å². The quantitative estimate of drug-likeness (QED) is 0.553. The number of benzene rings is 1. The molecule has 0 spiro atoms. The predicted molar refractivity (Wildman–Crippen MR) is 113 cm³/mol. The molecule has 0 saturated heterocycles. The first kappa shape index (κ1) is 25.5. The van der Waals surface area contributed by atoms with Crippen LogP contribution in [0.2, 0.25) is 0 Å². The Kier molecular flexibility index (Phi) is 8.12. The fraction of sp³-hybridized carbons (Fsp3) is 0.478. The van der Waals surface area contributed by atoms with Gasteiger partial charge in [0.05, 0.1) is 20.3 Å². The van der Waals surface area contributed by atoms with Crippen LogP contribution in [-0.2, 0) is 27.0 Å². The van der Waals surface area contributed by atoms with Crippen LogP contribution in [0.1, 0.15) is 50.3 Å². The zero-order valence-corrected chi connectivity index (χ0v) is 18.8. The van der Waals surface area contributed by atoms with Gasteiger partial charge in [-0.25, -0.2) is 4.79 Å². The molecule has 0 aliphatic rings. The first-order valence-corrected chi connectivity index (χ1v) is 10.0. The zero-order chi connectivity index (χ0) is 24.1. The van der Waals surface area contributed by atoms with Crippen LogP contribution >= 0.6 is 0 Å². The smallest absolute Gasteiger partial charge is 0.421 e. The van der Waals surface area contributed by atoms with E-state index in [0.717, 1.165) is 10.6 Å². The Morgan fingerprint density at radius 1 is 1.12 bits per heavy atom. The van der Waals surface area contributed by atoms with Gasteiger partial charge in [-0.15, -0.1) is 0 Å². The molecule has 0 amide bonds. The molecule has 0 aliphatic heterocycles. The molecule has 0 aliphatic carbocycles. The summed E-state index contributed by atoms with van der Waals surface area (Å²) < 4.78 is 57.1. The Bertz CT molecular complexity index is 975. The second-order valence-corrected chi connectivity index (χ2v) is 8.47. The van der Waals surface area contributed by atoms with Crippen molar-refractivity contribution in [2.45, 2.75) is 51.9 Å². The molecule has 0 bridgehead atoms. The topological polar surface area (TPSA) is 66.8 Å². The zero-order valence-electron chi connectivity index (χ0n) is 18.8. The summed E-state index contributed by atoms with van der Waals surface area (Å²) in [7, 11) is 1.50. The van der Waals surface area contributed by atoms with E-state index in [2.05, 4.69) is 0 Å². The number of methoxy groups -OCH3 is 1. The highest BCUT2D eigenvalue weighted by molar-refractivity contribution is 5.71. The number of ether oxygens (including phenoxy) is 3. The number of hydrogen-bond acceptors (Lipinski definition) is 5. The van der Waals surface area contributed by atoms with Crippen LogP contribution < -0.4 is 10.3 Å². The van der Waals surface area contributed by atoms with E-state index in [1.54, 1.807) is 52.0 Å². The molecular weight excluding hydrogens is 427 g/mol. The van der Waals surface area contributed by atoms with E-state index in [-0.39, 0.29) is 25.3 Å². The monoisotopic (exact) mass is 455 g/mol. The third-order valence-electron chi connectivity index (χ3n) is 4.50. The van der Waals surface area contributed by atoms with Crippen LogP contribution in [0.15, 0.2) is 41.3 Å². The van der Waals surface area contributed by atoms with Gasteiger partial charge in [0.1, 0.15) is 23.5 Å². The minimum absolute atomic E-state index is 0.0166. The Hall–Kier alpha value is -2.81. The minimum Gasteiger partial charge on any atom is -0.497 e. The van der Waals surface area contributed by atoms with Gasteiger partial charge in [0, 0.05) is 12.1 Å². The predicted octanol–water partition coefficient (Wildman–Crippen LogP) is 4.39. The summed E-state index contributed by atoms with van der Waals surface area (Å²) in [6.07, 6.45) is -3.41. The van der Waals surface area contributed by atoms with Crippen molar-refractivity contribution in [3.8, 4) is 5.75 Å². The Morgan fingerprint density at radius 3 is 2.28 bits per heavy atom. The van der Waals surface area contributed by atoms with E-state index in [9.17, 15) is 22.8 Å². The van der Waals surface area contributed by atoms with Crippen molar-refractivity contribution < 1.29 is 32.2 Å². The normalized spacial score (nSPS) is 13.0. The van der Waals surface area contributed by atoms with Crippen LogP contribution in [0.4, 0.5) is 13.2 Å². The Balaban J connectivity index is 2.23. The average Bonchev–Trinajstić information content (AvgIpc) is 2.67. The largest absolute Gasteiger partial charge is 0.497 e. The third-order valence-corrected chi connectivity index (χ3v) is 4.50. The van der Waals surface area contributed by atoms with E-state index in [1.807, 2.05) is 0 Å². The minimum atomic E-state index is -4.80. The molecule has 1 heterocycles. The highest BCUT2D eigenvalue weighted by atomic mass is 19.4. The van der Waals surface area contributed by atoms with Crippen molar-refractivity contribution in [2.75, 3.05) is 20.3 Å². The number of halogens is 3. The van der Waals surface area contributed by atoms with Gasteiger partial charge < -0.3 is 18.8 Å². The highest BCUT2D eigenvalue weighted by Crippen LogP contribution is 2.29. The van der Waals surface area contributed by atoms with Crippen LogP contribution in [0, 0.1) is 0 Å². The van der Waals surface area contributed by atoms with Crippen LogP contribution in [0.3, 0.4) is 0 Å². The first-order valence-electron chi connectivity index (χ1n) is 10.0. The van der Waals surface area contributed by atoms with Crippen molar-refractivity contribution in [2.24, 2.45) is 0 Å². The van der Waals surface area contributed by atoms with Gasteiger partial charge in [-0.3, -0.25) is 4.79 Å². The molecule has 0 saturated carbocycles. The number of carbonyl (C=O) groups is 1. The van der Waals surface area contributed by atoms with Crippen molar-refractivity contribution in [1.29, 1.82) is 0 Å². The maximum absolute atomic E-state index is 13.5. The van der Waals surface area contributed by atoms with Crippen LogP contribution in [0.25, 0.3) is 0 Å². The van der Waals surface area contributed by atoms with Gasteiger partial charge in [0.2, 0.25) is 0 Å². The molecule has 1 atom stereocenters. The number of carbonyl (C=O) groups excluding carboxylic acids is 1. The van der Waals surface area contributed by atoms with E-state index in [4.69, 9.17) is 14.2 Å². The molecule has 0 fully saturated rings. The van der Waals surface area contributed by atoms with Crippen LogP contribution in [-0.4, -0.2) is 36.5 Å². The standard InChI is InChI=1S/C23H28F3NO5/c1-15(13-31-14-20(28)32-22(2,3)4)17-10-19(23(24,25)26)21(29)27(12-17)11-16-6-8-18(30-5)9-7-16/h6-10,12,15H,11,13-14H2,1-5H3. The molecular formula is C23H28F3NO5. The van der Waals surface area contributed by atoms with Crippen LogP contribution in [0.5, 0.6) is 5.75 Å². The second-order valence-electron chi connectivity index (χ2n) is 8.47. The fourth-order valence-electron chi connectivity index (χ4n) is 2.96. The summed E-state index contributed by atoms with van der Waals surface area (Å²) in [5.74, 6) is -0.465. The molecule has 1 aromatic heterocycles. The molecule has 176 valence electrons. The second kappa shape index (κ2) is 10.2. The molecule has 2 rings (SSSR count). The summed E-state index contributed by atoms with van der Waals surface area (Å²) in [4.78, 5) is 24.2. The molecule has 1 unspecified atom stereocenters. The summed E-state index contributed by atoms with van der Waals surface area (Å²) in [5.41, 5.74) is -2.12. The molecule has 1 aromatic carbocycles. The number of rotatable bonds is 8. The number of hydrogen-bond donors (Lipinski definition) is 0. The Morgan fingerprint density at radius 2 is 1.75 bits per heavy atom. The third kappa shape index (κ3) is 7.40. The lowest BCUT2D eigenvalue weighted by atomic mass is 10.0. The molecule has 0 radical (unpaired) electrons. The first-order chi connectivity index (χ1) is 14.8. The van der Waals surface area contributed by atoms with E-state index in [1.165, 1.54) is 13.3 Å². The number of nitrogens with zero attached hydrogens (tertiary/aromatic N) is 1. The number of aromatic nitrogens is 1. The summed E-state index contributed by atoms with van der Waals surface area (Å²) in [6.45, 7) is 6.45. The average molecular weight is 455 g/mol. The maximum atomic E-state index is 13.5. The summed E-state index contributed by atoms with van der Waals surface area (Å²) in [5, 5.41) is 0. The highest BCUT2D eigenvalue weighted by Gasteiger charge is 2.35. The molecule has 0 N–H and O–H groups in total. The lowest BCUT2D eigenvalue weighted by Crippen LogP contribution is -2.30. The van der Waals surface area contributed by atoms with E-state index in [0.29, 0.717) is 11.3 Å². The number of pyridine rings is 1. The fourth-order valence-corrected chi connectivity index (χ4v) is 2.96. The van der Waals surface area contributed by atoms with Gasteiger partial charge in [0.15, 0.2) is 0 Å². The lowest BCUT2D eigenvalue weighted by molar-refractivity contribution is -0.160. The van der Waals surface area contributed by atoms with Gasteiger partial charge in [-0.05, 0) is 50.1 Å². The lowest BCUT2D eigenvalue weighted by Gasteiger charge is -2.20.